The second-order valence-electron chi connectivity index (χ2n) is 9.51. The maximum atomic E-state index is 5.88. The fraction of sp³-hybridized carbons (Fsp3) is 0.556. The zero-order valence-electron chi connectivity index (χ0n) is 20.8. The molecule has 4 heterocycles. The van der Waals surface area contributed by atoms with Crippen LogP contribution >= 0.6 is 0 Å². The Hall–Kier alpha value is -2.32. The van der Waals surface area contributed by atoms with Crippen LogP contribution in [0.3, 0.4) is 0 Å². The number of likely N-dealkylation sites (N-methyl/N-ethyl adjacent to an activating group) is 1. The van der Waals surface area contributed by atoms with Crippen LogP contribution in [-0.4, -0.2) is 79.7 Å². The molecule has 2 fully saturated rings. The van der Waals surface area contributed by atoms with E-state index in [4.69, 9.17) is 14.0 Å². The van der Waals surface area contributed by atoms with E-state index in [-0.39, 0.29) is 6.29 Å². The second-order valence-corrected chi connectivity index (χ2v) is 9.51. The zero-order valence-corrected chi connectivity index (χ0v) is 20.8. The Morgan fingerprint density at radius 1 is 1.21 bits per heavy atom. The number of allylic oxidation sites excluding steroid dienone is 3. The maximum absolute atomic E-state index is 5.88. The number of likely N-dealkylation sites (tertiary alicyclic amines) is 1. The molecule has 0 bridgehead atoms. The molecule has 7 heteroatoms. The van der Waals surface area contributed by atoms with Gasteiger partial charge in [-0.05, 0) is 77.3 Å². The van der Waals surface area contributed by atoms with E-state index in [9.17, 15) is 0 Å². The number of rotatable bonds is 10. The molecule has 0 atom stereocenters. The van der Waals surface area contributed by atoms with Gasteiger partial charge >= 0.3 is 0 Å². The number of aryl methyl sites for hydroxylation is 1. The summed E-state index contributed by atoms with van der Waals surface area (Å²) in [4.78, 5) is 8.95. The summed E-state index contributed by atoms with van der Waals surface area (Å²) in [6.45, 7) is 7.38. The molecule has 34 heavy (non-hydrogen) atoms. The molecular formula is C27H38N4O3. The van der Waals surface area contributed by atoms with Gasteiger partial charge in [-0.2, -0.15) is 0 Å². The number of ether oxygens (including phenoxy) is 2. The average molecular weight is 467 g/mol. The Morgan fingerprint density at radius 3 is 2.68 bits per heavy atom. The predicted molar refractivity (Wildman–Crippen MR) is 134 cm³/mol. The number of hydrogen-bond acceptors (Lipinski definition) is 7. The van der Waals surface area contributed by atoms with Gasteiger partial charge in [0.25, 0.3) is 0 Å². The highest BCUT2D eigenvalue weighted by Gasteiger charge is 2.24. The molecule has 2 aliphatic heterocycles. The summed E-state index contributed by atoms with van der Waals surface area (Å²) in [6.07, 6.45) is 12.4. The Labute approximate surface area is 203 Å². The van der Waals surface area contributed by atoms with E-state index in [1.54, 1.807) is 6.20 Å². The van der Waals surface area contributed by atoms with Crippen molar-refractivity contribution >= 4 is 11.1 Å². The number of pyridine rings is 1. The van der Waals surface area contributed by atoms with Gasteiger partial charge in [0.1, 0.15) is 0 Å². The summed E-state index contributed by atoms with van der Waals surface area (Å²) in [5, 5.41) is 4.44. The molecule has 0 saturated carbocycles. The highest BCUT2D eigenvalue weighted by Crippen LogP contribution is 2.29. The second kappa shape index (κ2) is 12.4. The first kappa shape index (κ1) is 24.8. The smallest absolute Gasteiger partial charge is 0.170 e. The lowest BCUT2D eigenvalue weighted by Crippen LogP contribution is -2.39. The number of piperidine rings is 1. The van der Waals surface area contributed by atoms with Crippen molar-refractivity contribution < 1.29 is 14.0 Å². The first-order chi connectivity index (χ1) is 16.6. The summed E-state index contributed by atoms with van der Waals surface area (Å²) in [5.41, 5.74) is 4.36. The van der Waals surface area contributed by atoms with E-state index in [1.807, 2.05) is 19.2 Å². The van der Waals surface area contributed by atoms with Gasteiger partial charge in [0.2, 0.25) is 0 Å². The Kier molecular flexibility index (Phi) is 9.04. The van der Waals surface area contributed by atoms with E-state index in [1.165, 1.54) is 12.8 Å². The molecule has 0 N–H and O–H groups in total. The van der Waals surface area contributed by atoms with Crippen molar-refractivity contribution in [1.82, 2.24) is 19.9 Å². The quantitative estimate of drug-likeness (QED) is 0.488. The highest BCUT2D eigenvalue weighted by molar-refractivity contribution is 5.94. The molecule has 0 unspecified atom stereocenters. The topological polar surface area (TPSA) is 63.9 Å². The van der Waals surface area contributed by atoms with Gasteiger partial charge in [0, 0.05) is 42.7 Å². The minimum absolute atomic E-state index is 0.0337. The summed E-state index contributed by atoms with van der Waals surface area (Å²) < 4.78 is 17.1. The number of hydrogen-bond donors (Lipinski definition) is 0. The van der Waals surface area contributed by atoms with E-state index in [0.29, 0.717) is 0 Å². The van der Waals surface area contributed by atoms with E-state index in [2.05, 4.69) is 58.3 Å². The van der Waals surface area contributed by atoms with E-state index < -0.39 is 0 Å². The van der Waals surface area contributed by atoms with Crippen molar-refractivity contribution in [2.75, 3.05) is 53.5 Å². The molecule has 0 aromatic carbocycles. The standard InChI is InChI=1S/C27H38N4O3/c1-4-6-24(22-7-5-12-28-18-22)25(19-30(2)3)26-17-23(29-34-26)9-8-21-10-13-31(14-11-21)20-27-32-15-16-33-27/h4-7,12,17-18,21,27H,8-11,13-16,19-20H2,1-3H3/b6-4-,25-24+. The van der Waals surface area contributed by atoms with Gasteiger partial charge in [0.05, 0.1) is 18.9 Å². The van der Waals surface area contributed by atoms with Crippen molar-refractivity contribution in [3.63, 3.8) is 0 Å². The van der Waals surface area contributed by atoms with Crippen LogP contribution in [-0.2, 0) is 15.9 Å². The van der Waals surface area contributed by atoms with Gasteiger partial charge in [-0.3, -0.25) is 9.88 Å². The fourth-order valence-electron chi connectivity index (χ4n) is 4.78. The molecule has 2 saturated heterocycles. The van der Waals surface area contributed by atoms with Gasteiger partial charge in [0.15, 0.2) is 12.1 Å². The lowest BCUT2D eigenvalue weighted by atomic mass is 9.91. The monoisotopic (exact) mass is 466 g/mol. The normalized spacial score (nSPS) is 19.4. The zero-order chi connectivity index (χ0) is 23.8. The van der Waals surface area contributed by atoms with Crippen LogP contribution in [0, 0.1) is 5.92 Å². The van der Waals surface area contributed by atoms with Crippen LogP contribution in [0.15, 0.2) is 47.3 Å². The molecule has 2 aliphatic rings. The van der Waals surface area contributed by atoms with Gasteiger partial charge in [-0.1, -0.05) is 23.4 Å². The van der Waals surface area contributed by atoms with Crippen molar-refractivity contribution in [2.24, 2.45) is 5.92 Å². The van der Waals surface area contributed by atoms with Crippen LogP contribution in [0.4, 0.5) is 0 Å². The fourth-order valence-corrected chi connectivity index (χ4v) is 4.78. The van der Waals surface area contributed by atoms with E-state index in [0.717, 1.165) is 86.3 Å². The average Bonchev–Trinajstić information content (AvgIpc) is 3.54. The molecule has 0 radical (unpaired) electrons. The first-order valence-corrected chi connectivity index (χ1v) is 12.4. The minimum atomic E-state index is -0.0337. The predicted octanol–water partition coefficient (Wildman–Crippen LogP) is 4.14. The third-order valence-electron chi connectivity index (χ3n) is 6.58. The Balaban J connectivity index is 1.38. The molecule has 4 rings (SSSR count). The SMILES string of the molecule is C/C=C\C(=C(\CN(C)C)c1cc(CCC2CCN(CC3OCCO3)CC2)no1)c1cccnc1. The van der Waals surface area contributed by atoms with E-state index >= 15 is 0 Å². The highest BCUT2D eigenvalue weighted by atomic mass is 16.7. The molecular weight excluding hydrogens is 428 g/mol. The van der Waals surface area contributed by atoms with Crippen LogP contribution in [0.1, 0.15) is 43.2 Å². The van der Waals surface area contributed by atoms with Crippen LogP contribution in [0.25, 0.3) is 11.1 Å². The van der Waals surface area contributed by atoms with Crippen LogP contribution in [0.2, 0.25) is 0 Å². The summed E-state index contributed by atoms with van der Waals surface area (Å²) in [7, 11) is 4.15. The largest absolute Gasteiger partial charge is 0.356 e. The molecule has 2 aromatic rings. The molecule has 7 nitrogen and oxygen atoms in total. The third kappa shape index (κ3) is 6.85. The van der Waals surface area contributed by atoms with Crippen molar-refractivity contribution in [3.05, 3.63) is 59.8 Å². The minimum Gasteiger partial charge on any atom is -0.356 e. The summed E-state index contributed by atoms with van der Waals surface area (Å²) in [6, 6.07) is 6.19. The van der Waals surface area contributed by atoms with Gasteiger partial charge in [-0.15, -0.1) is 0 Å². The first-order valence-electron chi connectivity index (χ1n) is 12.4. The van der Waals surface area contributed by atoms with Crippen molar-refractivity contribution in [2.45, 2.75) is 38.9 Å². The Morgan fingerprint density at radius 2 is 2.00 bits per heavy atom. The molecule has 0 spiro atoms. The molecule has 184 valence electrons. The van der Waals surface area contributed by atoms with Gasteiger partial charge < -0.3 is 18.9 Å². The van der Waals surface area contributed by atoms with Crippen LogP contribution < -0.4 is 0 Å². The lowest BCUT2D eigenvalue weighted by Gasteiger charge is -2.32. The maximum Gasteiger partial charge on any atom is 0.170 e. The number of aromatic nitrogens is 2. The third-order valence-corrected chi connectivity index (χ3v) is 6.58. The number of nitrogens with zero attached hydrogens (tertiary/aromatic N) is 4. The van der Waals surface area contributed by atoms with Crippen LogP contribution in [0.5, 0.6) is 0 Å². The van der Waals surface area contributed by atoms with Crippen molar-refractivity contribution in [1.29, 1.82) is 0 Å². The Bertz CT molecular complexity index is 940. The molecule has 2 aromatic heterocycles. The van der Waals surface area contributed by atoms with Crippen molar-refractivity contribution in [3.8, 4) is 0 Å². The summed E-state index contributed by atoms with van der Waals surface area (Å²) in [5.74, 6) is 1.57. The summed E-state index contributed by atoms with van der Waals surface area (Å²) >= 11 is 0. The molecule has 0 amide bonds. The lowest BCUT2D eigenvalue weighted by molar-refractivity contribution is -0.0661. The molecule has 0 aliphatic carbocycles. The van der Waals surface area contributed by atoms with Gasteiger partial charge in [-0.25, -0.2) is 0 Å².